The van der Waals surface area contributed by atoms with E-state index in [0.717, 1.165) is 18.4 Å². The second kappa shape index (κ2) is 4.64. The van der Waals surface area contributed by atoms with Gasteiger partial charge in [-0.25, -0.2) is 9.69 Å². The van der Waals surface area contributed by atoms with Crippen LogP contribution in [0.5, 0.6) is 0 Å². The monoisotopic (exact) mass is 340 g/mol. The summed E-state index contributed by atoms with van der Waals surface area (Å²) in [7, 11) is 1.31. The molecule has 1 unspecified atom stereocenters. The molecule has 1 N–H and O–H groups in total. The molecule has 0 saturated carbocycles. The van der Waals surface area contributed by atoms with E-state index in [4.69, 9.17) is 4.74 Å². The van der Waals surface area contributed by atoms with E-state index in [2.05, 4.69) is 0 Å². The molecule has 1 aromatic carbocycles. The smallest absolute Gasteiger partial charge is 0.416 e. The maximum atomic E-state index is 12.8. The van der Waals surface area contributed by atoms with Crippen molar-refractivity contribution in [3.05, 3.63) is 42.0 Å². The molecular weight excluding hydrogens is 320 g/mol. The number of amides is 2. The second-order valence-electron chi connectivity index (χ2n) is 7.39. The first-order valence-corrected chi connectivity index (χ1v) is 8.73. The number of methoxy groups -OCH3 is 1. The Morgan fingerprint density at radius 1 is 1.36 bits per heavy atom. The molecule has 3 aliphatic heterocycles. The molecule has 0 radical (unpaired) electrons. The molecule has 0 bridgehead atoms. The fourth-order valence-electron chi connectivity index (χ4n) is 5.62. The minimum Gasteiger partial charge on any atom is -0.452 e. The van der Waals surface area contributed by atoms with Gasteiger partial charge in [0.05, 0.1) is 24.3 Å². The van der Waals surface area contributed by atoms with Crippen LogP contribution in [0.25, 0.3) is 0 Å². The lowest BCUT2D eigenvalue weighted by molar-refractivity contribution is -0.130. The minimum atomic E-state index is -1.59. The van der Waals surface area contributed by atoms with Crippen LogP contribution in [0.2, 0.25) is 0 Å². The van der Waals surface area contributed by atoms with Crippen LogP contribution < -0.4 is 4.90 Å². The summed E-state index contributed by atoms with van der Waals surface area (Å²) < 4.78 is 4.97. The molecule has 2 amide bonds. The number of aliphatic hydroxyl groups is 1. The topological polar surface area (TPSA) is 70.1 Å². The van der Waals surface area contributed by atoms with Gasteiger partial charge in [0, 0.05) is 13.0 Å². The first-order valence-electron chi connectivity index (χ1n) is 8.73. The average Bonchev–Trinajstić information content (AvgIpc) is 3.06. The highest BCUT2D eigenvalue weighted by atomic mass is 16.5. The fourth-order valence-corrected chi connectivity index (χ4v) is 5.62. The molecule has 1 spiro atoms. The number of benzene rings is 1. The summed E-state index contributed by atoms with van der Waals surface area (Å²) in [4.78, 5) is 28.6. The van der Waals surface area contributed by atoms with Crippen molar-refractivity contribution < 1.29 is 19.4 Å². The molecule has 25 heavy (non-hydrogen) atoms. The van der Waals surface area contributed by atoms with Gasteiger partial charge in [0.2, 0.25) is 5.91 Å². The quantitative estimate of drug-likeness (QED) is 0.731. The third kappa shape index (κ3) is 1.50. The van der Waals surface area contributed by atoms with Crippen LogP contribution in [0, 0.1) is 5.92 Å². The minimum absolute atomic E-state index is 0.0540. The molecule has 3 heterocycles. The van der Waals surface area contributed by atoms with Gasteiger partial charge in [-0.15, -0.1) is 0 Å². The third-order valence-corrected chi connectivity index (χ3v) is 6.49. The van der Waals surface area contributed by atoms with Crippen LogP contribution in [0.15, 0.2) is 36.4 Å². The van der Waals surface area contributed by atoms with Gasteiger partial charge < -0.3 is 14.7 Å². The SMILES string of the molecule is COC(=O)N1c2ccccc2[C@@]23CC(=O)N4CCC[C@@H](C=CC12O)[C@H]43. The van der Waals surface area contributed by atoms with Crippen molar-refractivity contribution >= 4 is 17.7 Å². The van der Waals surface area contributed by atoms with Crippen molar-refractivity contribution in [3.63, 3.8) is 0 Å². The van der Waals surface area contributed by atoms with Crippen molar-refractivity contribution in [2.24, 2.45) is 5.92 Å². The number of anilines is 1. The van der Waals surface area contributed by atoms with E-state index < -0.39 is 17.2 Å². The predicted octanol–water partition coefficient (Wildman–Crippen LogP) is 1.78. The van der Waals surface area contributed by atoms with Crippen LogP contribution in [-0.2, 0) is 14.9 Å². The zero-order valence-corrected chi connectivity index (χ0v) is 14.0. The van der Waals surface area contributed by atoms with Crippen LogP contribution in [0.1, 0.15) is 24.8 Å². The van der Waals surface area contributed by atoms with Gasteiger partial charge in [-0.3, -0.25) is 4.79 Å². The number of carbonyl (C=O) groups excluding carboxylic acids is 2. The standard InChI is InChI=1S/C19H20N2O4/c1-25-17(23)21-14-7-3-2-6-13(14)18-11-15(22)20-10-4-5-12(16(18)20)8-9-19(18,21)24/h2-3,6-9,12,16,24H,4-5,10-11H2,1H3/t12-,16-,18+,19?/m0/s1. The first-order chi connectivity index (χ1) is 12.0. The summed E-state index contributed by atoms with van der Waals surface area (Å²) in [5.74, 6) is 0.254. The van der Waals surface area contributed by atoms with E-state index in [9.17, 15) is 14.7 Å². The molecule has 0 aromatic heterocycles. The van der Waals surface area contributed by atoms with Crippen molar-refractivity contribution in [2.75, 3.05) is 18.6 Å². The van der Waals surface area contributed by atoms with Crippen LogP contribution in [0.4, 0.5) is 10.5 Å². The molecular formula is C19H20N2O4. The van der Waals surface area contributed by atoms with Crippen molar-refractivity contribution in [2.45, 2.75) is 36.4 Å². The van der Waals surface area contributed by atoms with E-state index >= 15 is 0 Å². The lowest BCUT2D eigenvalue weighted by Crippen LogP contribution is -2.66. The van der Waals surface area contributed by atoms with E-state index in [1.807, 2.05) is 35.2 Å². The summed E-state index contributed by atoms with van der Waals surface area (Å²) in [5.41, 5.74) is -0.941. The van der Waals surface area contributed by atoms with Gasteiger partial charge >= 0.3 is 6.09 Å². The number of hydrogen-bond donors (Lipinski definition) is 1. The normalized spacial score (nSPS) is 37.6. The molecule has 2 fully saturated rings. The van der Waals surface area contributed by atoms with Gasteiger partial charge in [-0.2, -0.15) is 0 Å². The zero-order chi connectivity index (χ0) is 17.4. The van der Waals surface area contributed by atoms with Gasteiger partial charge in [0.25, 0.3) is 0 Å². The molecule has 1 aliphatic carbocycles. The average molecular weight is 340 g/mol. The highest BCUT2D eigenvalue weighted by molar-refractivity contribution is 5.97. The zero-order valence-electron chi connectivity index (χ0n) is 14.0. The third-order valence-electron chi connectivity index (χ3n) is 6.49. The van der Waals surface area contributed by atoms with Crippen molar-refractivity contribution in [3.8, 4) is 0 Å². The van der Waals surface area contributed by atoms with Crippen molar-refractivity contribution in [1.29, 1.82) is 0 Å². The van der Waals surface area contributed by atoms with E-state index in [1.54, 1.807) is 6.08 Å². The number of fused-ring (bicyclic) bond motifs is 1. The summed E-state index contributed by atoms with van der Waals surface area (Å²) in [5, 5.41) is 11.8. The Balaban J connectivity index is 1.83. The van der Waals surface area contributed by atoms with Crippen LogP contribution >= 0.6 is 0 Å². The Labute approximate surface area is 145 Å². The van der Waals surface area contributed by atoms with Crippen LogP contribution in [0.3, 0.4) is 0 Å². The van der Waals surface area contributed by atoms with Gasteiger partial charge in [0.1, 0.15) is 0 Å². The Morgan fingerprint density at radius 2 is 2.16 bits per heavy atom. The summed E-state index contributed by atoms with van der Waals surface area (Å²) in [6.45, 7) is 0.714. The Kier molecular flexibility index (Phi) is 2.77. The van der Waals surface area contributed by atoms with Gasteiger partial charge in [-0.1, -0.05) is 24.3 Å². The Hall–Kier alpha value is -2.34. The highest BCUT2D eigenvalue weighted by Crippen LogP contribution is 2.63. The second-order valence-corrected chi connectivity index (χ2v) is 7.39. The fraction of sp³-hybridized carbons (Fsp3) is 0.474. The highest BCUT2D eigenvalue weighted by Gasteiger charge is 2.73. The molecule has 2 saturated heterocycles. The van der Waals surface area contributed by atoms with Gasteiger partial charge in [0.15, 0.2) is 5.72 Å². The molecule has 4 aliphatic rings. The van der Waals surface area contributed by atoms with Crippen LogP contribution in [-0.4, -0.2) is 47.4 Å². The summed E-state index contributed by atoms with van der Waals surface area (Å²) in [6, 6.07) is 7.36. The number of nitrogens with zero attached hydrogens (tertiary/aromatic N) is 2. The molecule has 5 rings (SSSR count). The summed E-state index contributed by atoms with van der Waals surface area (Å²) in [6.07, 6.45) is 5.25. The first kappa shape index (κ1) is 15.0. The predicted molar refractivity (Wildman–Crippen MR) is 89.9 cm³/mol. The molecule has 4 atom stereocenters. The lowest BCUT2D eigenvalue weighted by atomic mass is 9.60. The van der Waals surface area contributed by atoms with E-state index in [-0.39, 0.29) is 24.3 Å². The maximum absolute atomic E-state index is 12.8. The molecule has 130 valence electrons. The van der Waals surface area contributed by atoms with E-state index in [0.29, 0.717) is 12.2 Å². The maximum Gasteiger partial charge on any atom is 0.416 e. The number of para-hydroxylation sites is 1. The van der Waals surface area contributed by atoms with E-state index in [1.165, 1.54) is 12.0 Å². The lowest BCUT2D eigenvalue weighted by Gasteiger charge is -2.52. The Bertz CT molecular complexity index is 821. The number of carbonyl (C=O) groups is 2. The number of hydrogen-bond acceptors (Lipinski definition) is 4. The van der Waals surface area contributed by atoms with Crippen molar-refractivity contribution in [1.82, 2.24) is 4.90 Å². The Morgan fingerprint density at radius 3 is 2.96 bits per heavy atom. The largest absolute Gasteiger partial charge is 0.452 e. The number of piperidine rings is 1. The number of rotatable bonds is 0. The molecule has 6 nitrogen and oxygen atoms in total. The molecule has 1 aromatic rings. The number of ether oxygens (including phenoxy) is 1. The summed E-state index contributed by atoms with van der Waals surface area (Å²) >= 11 is 0. The van der Waals surface area contributed by atoms with Gasteiger partial charge in [-0.05, 0) is 36.5 Å². The molecule has 6 heteroatoms.